The van der Waals surface area contributed by atoms with E-state index in [4.69, 9.17) is 10.4 Å². The Morgan fingerprint density at radius 3 is 2.60 bits per heavy atom. The van der Waals surface area contributed by atoms with Crippen LogP contribution in [0.3, 0.4) is 0 Å². The van der Waals surface area contributed by atoms with Crippen LogP contribution in [-0.4, -0.2) is 30.1 Å². The number of nitrogens with one attached hydrogen (secondary N) is 2. The van der Waals surface area contributed by atoms with E-state index >= 15 is 0 Å². The number of carboxylic acid groups (broad SMARTS) is 1. The van der Waals surface area contributed by atoms with Crippen molar-refractivity contribution in [2.24, 2.45) is 0 Å². The Bertz CT molecular complexity index is 532. The highest BCUT2D eigenvalue weighted by Gasteiger charge is 2.08. The van der Waals surface area contributed by atoms with Gasteiger partial charge >= 0.3 is 5.97 Å². The maximum atomic E-state index is 11.7. The number of benzene rings is 1. The molecule has 0 radical (unpaired) electrons. The van der Waals surface area contributed by atoms with Crippen LogP contribution in [0.25, 0.3) is 0 Å². The third-order valence-electron chi connectivity index (χ3n) is 2.41. The number of rotatable bonds is 7. The summed E-state index contributed by atoms with van der Waals surface area (Å²) in [6.07, 6.45) is 1.76. The van der Waals surface area contributed by atoms with Gasteiger partial charge in [-0.25, -0.2) is 0 Å². The van der Waals surface area contributed by atoms with Gasteiger partial charge in [0.2, 0.25) is 0 Å². The third kappa shape index (κ3) is 5.69. The Kier molecular flexibility index (Phi) is 6.34. The van der Waals surface area contributed by atoms with Crippen LogP contribution in [0, 0.1) is 11.3 Å². The van der Waals surface area contributed by atoms with Gasteiger partial charge in [0.25, 0.3) is 5.91 Å². The molecular weight excluding hydrogens is 258 g/mol. The molecule has 0 aliphatic heterocycles. The molecule has 0 spiro atoms. The molecule has 6 nitrogen and oxygen atoms in total. The van der Waals surface area contributed by atoms with E-state index in [1.807, 2.05) is 30.3 Å². The van der Waals surface area contributed by atoms with E-state index in [2.05, 4.69) is 10.6 Å². The van der Waals surface area contributed by atoms with E-state index in [0.717, 1.165) is 11.8 Å². The number of carboxylic acids is 1. The first-order valence-electron chi connectivity index (χ1n) is 6.01. The highest BCUT2D eigenvalue weighted by atomic mass is 16.4. The van der Waals surface area contributed by atoms with E-state index in [9.17, 15) is 9.59 Å². The number of amides is 1. The number of hydrogen-bond donors (Lipinski definition) is 3. The highest BCUT2D eigenvalue weighted by Crippen LogP contribution is 1.98. The predicted octanol–water partition coefficient (Wildman–Crippen LogP) is 0.427. The van der Waals surface area contributed by atoms with Crippen LogP contribution in [0.1, 0.15) is 5.56 Å². The maximum Gasteiger partial charge on any atom is 0.322 e. The summed E-state index contributed by atoms with van der Waals surface area (Å²) in [6, 6.07) is 11.3. The van der Waals surface area contributed by atoms with Crippen LogP contribution in [0.2, 0.25) is 0 Å². The second kappa shape index (κ2) is 8.32. The van der Waals surface area contributed by atoms with E-state index in [-0.39, 0.29) is 12.1 Å². The molecule has 3 N–H and O–H groups in total. The maximum absolute atomic E-state index is 11.7. The first-order valence-corrected chi connectivity index (χ1v) is 6.01. The number of carbonyl (C=O) groups is 2. The molecule has 104 valence electrons. The van der Waals surface area contributed by atoms with Gasteiger partial charge in [-0.2, -0.15) is 5.26 Å². The Morgan fingerprint density at radius 2 is 2.00 bits per heavy atom. The average molecular weight is 273 g/mol. The zero-order valence-corrected chi connectivity index (χ0v) is 10.8. The minimum absolute atomic E-state index is 0.153. The zero-order chi connectivity index (χ0) is 14.8. The highest BCUT2D eigenvalue weighted by molar-refractivity contribution is 5.97. The normalized spacial score (nSPS) is 10.4. The molecule has 1 amide bonds. The fraction of sp³-hybridized carbons (Fsp3) is 0.214. The van der Waals surface area contributed by atoms with Crippen LogP contribution in [-0.2, 0) is 16.0 Å². The second-order valence-electron chi connectivity index (χ2n) is 3.94. The number of nitriles is 1. The summed E-state index contributed by atoms with van der Waals surface area (Å²) >= 11 is 0. The van der Waals surface area contributed by atoms with Crippen LogP contribution in [0.15, 0.2) is 42.1 Å². The van der Waals surface area contributed by atoms with Crippen molar-refractivity contribution in [3.05, 3.63) is 47.7 Å². The number of nitrogens with zero attached hydrogens (tertiary/aromatic N) is 1. The molecule has 1 aromatic rings. The number of aliphatic carboxylic acids is 1. The Hall–Kier alpha value is -2.81. The van der Waals surface area contributed by atoms with Crippen LogP contribution < -0.4 is 10.6 Å². The van der Waals surface area contributed by atoms with Gasteiger partial charge in [0.05, 0.1) is 0 Å². The quantitative estimate of drug-likeness (QED) is 0.494. The largest absolute Gasteiger partial charge is 0.480 e. The minimum Gasteiger partial charge on any atom is -0.480 e. The van der Waals surface area contributed by atoms with Crippen molar-refractivity contribution < 1.29 is 14.7 Å². The molecule has 0 unspecified atom stereocenters. The predicted molar refractivity (Wildman–Crippen MR) is 72.5 cm³/mol. The van der Waals surface area contributed by atoms with Crippen molar-refractivity contribution in [2.45, 2.75) is 6.42 Å². The van der Waals surface area contributed by atoms with Gasteiger partial charge in [-0.3, -0.25) is 9.59 Å². The van der Waals surface area contributed by atoms with Gasteiger partial charge in [-0.15, -0.1) is 0 Å². The molecule has 0 fully saturated rings. The first kappa shape index (κ1) is 15.2. The van der Waals surface area contributed by atoms with E-state index < -0.39 is 11.9 Å². The monoisotopic (exact) mass is 273 g/mol. The summed E-state index contributed by atoms with van der Waals surface area (Å²) in [5, 5.41) is 22.2. The van der Waals surface area contributed by atoms with Crippen molar-refractivity contribution in [3.63, 3.8) is 0 Å². The number of carbonyl (C=O) groups excluding carboxylic acids is 1. The van der Waals surface area contributed by atoms with Crippen LogP contribution in [0.4, 0.5) is 0 Å². The summed E-state index contributed by atoms with van der Waals surface area (Å²) in [5.41, 5.74) is 0.929. The fourth-order valence-corrected chi connectivity index (χ4v) is 1.45. The summed E-state index contributed by atoms with van der Waals surface area (Å²) in [4.78, 5) is 21.9. The molecule has 0 atom stereocenters. The number of hydrogen-bond acceptors (Lipinski definition) is 4. The van der Waals surface area contributed by atoms with Crippen molar-refractivity contribution >= 4 is 11.9 Å². The van der Waals surface area contributed by atoms with E-state index in [0.29, 0.717) is 13.0 Å². The lowest BCUT2D eigenvalue weighted by Gasteiger charge is -2.04. The second-order valence-corrected chi connectivity index (χ2v) is 3.94. The van der Waals surface area contributed by atoms with Gasteiger partial charge in [0.15, 0.2) is 0 Å². The molecule has 0 saturated heterocycles. The molecule has 20 heavy (non-hydrogen) atoms. The van der Waals surface area contributed by atoms with Crippen molar-refractivity contribution in [3.8, 4) is 6.07 Å². The van der Waals surface area contributed by atoms with E-state index in [1.54, 1.807) is 6.07 Å². The Balaban J connectivity index is 2.40. The average Bonchev–Trinajstić information content (AvgIpc) is 2.44. The van der Waals surface area contributed by atoms with Crippen LogP contribution >= 0.6 is 0 Å². The lowest BCUT2D eigenvalue weighted by Crippen LogP contribution is -2.28. The summed E-state index contributed by atoms with van der Waals surface area (Å²) < 4.78 is 0. The Morgan fingerprint density at radius 1 is 1.30 bits per heavy atom. The standard InChI is InChI=1S/C14H15N3O3/c15-8-12(9-16-10-13(18)19)14(20)17-7-6-11-4-2-1-3-5-11/h1-5,9,16H,6-7,10H2,(H,17,20)(H,18,19)/b12-9-. The molecule has 0 heterocycles. The van der Waals surface area contributed by atoms with Crippen molar-refractivity contribution in [2.75, 3.05) is 13.1 Å². The van der Waals surface area contributed by atoms with Gasteiger partial charge in [-0.05, 0) is 12.0 Å². The molecule has 0 saturated carbocycles. The van der Waals surface area contributed by atoms with Gasteiger partial charge in [0.1, 0.15) is 18.2 Å². The Labute approximate surface area is 116 Å². The molecule has 6 heteroatoms. The topological polar surface area (TPSA) is 102 Å². The molecule has 1 aromatic carbocycles. The van der Waals surface area contributed by atoms with Crippen molar-refractivity contribution in [1.82, 2.24) is 10.6 Å². The summed E-state index contributed by atoms with van der Waals surface area (Å²) in [5.74, 6) is -1.59. The molecule has 1 rings (SSSR count). The van der Waals surface area contributed by atoms with Gasteiger partial charge in [-0.1, -0.05) is 30.3 Å². The molecular formula is C14H15N3O3. The molecule has 0 aliphatic rings. The zero-order valence-electron chi connectivity index (χ0n) is 10.8. The van der Waals surface area contributed by atoms with Gasteiger partial charge < -0.3 is 15.7 Å². The molecule has 0 aromatic heterocycles. The van der Waals surface area contributed by atoms with E-state index in [1.165, 1.54) is 0 Å². The lowest BCUT2D eigenvalue weighted by molar-refractivity contribution is -0.135. The minimum atomic E-state index is -1.07. The smallest absolute Gasteiger partial charge is 0.322 e. The first-order chi connectivity index (χ1) is 9.63. The fourth-order valence-electron chi connectivity index (χ4n) is 1.45. The summed E-state index contributed by atoms with van der Waals surface area (Å²) in [6.45, 7) is 0.0588. The van der Waals surface area contributed by atoms with Crippen LogP contribution in [0.5, 0.6) is 0 Å². The lowest BCUT2D eigenvalue weighted by atomic mass is 10.1. The molecule has 0 bridgehead atoms. The molecule has 0 aliphatic carbocycles. The SMILES string of the molecule is N#C/C(=C/NCC(=O)O)C(=O)NCCc1ccccc1. The third-order valence-corrected chi connectivity index (χ3v) is 2.41. The van der Waals surface area contributed by atoms with Gasteiger partial charge in [0, 0.05) is 12.7 Å². The summed E-state index contributed by atoms with van der Waals surface area (Å²) in [7, 11) is 0. The van der Waals surface area contributed by atoms with Crippen molar-refractivity contribution in [1.29, 1.82) is 5.26 Å².